The third-order valence-electron chi connectivity index (χ3n) is 2.31. The van der Waals surface area contributed by atoms with Gasteiger partial charge in [0, 0.05) is 0 Å². The Labute approximate surface area is 140 Å². The largest absolute Gasteiger partial charge is 0.300 e. The molecule has 0 aliphatic rings. The molecule has 0 fully saturated rings. The monoisotopic (exact) mass is 308 g/mol. The molecule has 0 heterocycles. The number of ketones is 1. The zero-order valence-corrected chi connectivity index (χ0v) is 16.8. The summed E-state index contributed by atoms with van der Waals surface area (Å²) in [5, 5.41) is 0. The van der Waals surface area contributed by atoms with Crippen LogP contribution >= 0.6 is 0 Å². The number of hydrogen-bond donors (Lipinski definition) is 0. The normalized spacial score (nSPS) is 8.91. The van der Waals surface area contributed by atoms with Crippen LogP contribution in [0.1, 0.15) is 79.9 Å². The van der Waals surface area contributed by atoms with Gasteiger partial charge in [0.2, 0.25) is 0 Å². The Morgan fingerprint density at radius 1 is 1.00 bits per heavy atom. The van der Waals surface area contributed by atoms with E-state index in [1.54, 1.807) is 0 Å². The van der Waals surface area contributed by atoms with Crippen molar-refractivity contribution >= 4 is 5.78 Å². The second-order valence-corrected chi connectivity index (χ2v) is 6.79. The van der Waals surface area contributed by atoms with E-state index in [2.05, 4.69) is 79.7 Å². The van der Waals surface area contributed by atoms with E-state index >= 15 is 0 Å². The summed E-state index contributed by atoms with van der Waals surface area (Å²) in [5.74, 6) is 1.88. The lowest BCUT2D eigenvalue weighted by Gasteiger charge is -1.95. The Bertz CT molecular complexity index is 344. The fourth-order valence-electron chi connectivity index (χ4n) is 0.932. The van der Waals surface area contributed by atoms with Crippen molar-refractivity contribution < 1.29 is 4.79 Å². The maximum atomic E-state index is 9.44. The second kappa shape index (κ2) is 17.9. The van der Waals surface area contributed by atoms with E-state index < -0.39 is 0 Å². The first kappa shape index (κ1) is 25.8. The van der Waals surface area contributed by atoms with E-state index in [1.807, 2.05) is 0 Å². The third-order valence-corrected chi connectivity index (χ3v) is 2.31. The maximum Gasteiger partial charge on any atom is 0.126 e. The lowest BCUT2D eigenvalue weighted by molar-refractivity contribution is -0.114. The quantitative estimate of drug-likeness (QED) is 0.582. The molecule has 1 aromatic carbocycles. The molecule has 0 atom stereocenters. The second-order valence-electron chi connectivity index (χ2n) is 6.79. The lowest BCUT2D eigenvalue weighted by atomic mass is 10.1. The summed E-state index contributed by atoms with van der Waals surface area (Å²) in [6, 6.07) is 8.61. The van der Waals surface area contributed by atoms with Crippen LogP contribution in [-0.2, 0) is 11.2 Å². The van der Waals surface area contributed by atoms with Gasteiger partial charge in [-0.25, -0.2) is 0 Å². The highest BCUT2D eigenvalue weighted by Crippen LogP contribution is 2.03. The minimum atomic E-state index is 0.167. The summed E-state index contributed by atoms with van der Waals surface area (Å²) in [6.07, 6.45) is 2.45. The Morgan fingerprint density at radius 2 is 1.36 bits per heavy atom. The van der Waals surface area contributed by atoms with Crippen LogP contribution in [0.3, 0.4) is 0 Å². The van der Waals surface area contributed by atoms with Gasteiger partial charge in [0.1, 0.15) is 5.78 Å². The van der Waals surface area contributed by atoms with Crippen molar-refractivity contribution in [3.05, 3.63) is 35.4 Å². The zero-order chi connectivity index (χ0) is 18.1. The van der Waals surface area contributed by atoms with Crippen LogP contribution in [0.25, 0.3) is 0 Å². The molecule has 1 aromatic rings. The Balaban J connectivity index is -0.000000240. The van der Waals surface area contributed by atoms with Crippen molar-refractivity contribution in [1.82, 2.24) is 0 Å². The number of Topliss-reactive ketones (excluding diaryl/α,β-unsaturated/α-hetero) is 1. The van der Waals surface area contributed by atoms with Crippen LogP contribution < -0.4 is 0 Å². The summed E-state index contributed by atoms with van der Waals surface area (Å²) in [5.41, 5.74) is 2.78. The Morgan fingerprint density at radius 3 is 1.55 bits per heavy atom. The minimum absolute atomic E-state index is 0.167. The third kappa shape index (κ3) is 36.4. The van der Waals surface area contributed by atoms with Crippen LogP contribution in [0.5, 0.6) is 0 Å². The molecular weight excluding hydrogens is 268 g/mol. The summed E-state index contributed by atoms with van der Waals surface area (Å²) in [7, 11) is 0. The van der Waals surface area contributed by atoms with Gasteiger partial charge in [0.05, 0.1) is 0 Å². The fourth-order valence-corrected chi connectivity index (χ4v) is 0.932. The highest BCUT2D eigenvalue weighted by Gasteiger charge is 1.85. The van der Waals surface area contributed by atoms with Crippen molar-refractivity contribution in [2.75, 3.05) is 0 Å². The van der Waals surface area contributed by atoms with Crippen LogP contribution in [0.15, 0.2) is 24.3 Å². The smallest absolute Gasteiger partial charge is 0.126 e. The standard InChI is InChI=1S/C9H12.C5H12.C4H10.C3H6O/c1-3-9-6-4-5-8(2)7-9;1-4-5(2)3;1-4(2)3;1-3(2)4/h4-7H,3H2,1-2H3;5H,4H2,1-3H3;4H,1-3H3;1-2H3. The van der Waals surface area contributed by atoms with Crippen molar-refractivity contribution in [3.63, 3.8) is 0 Å². The summed E-state index contributed by atoms with van der Waals surface area (Å²) in [4.78, 5) is 9.44. The van der Waals surface area contributed by atoms with Crippen molar-refractivity contribution in [2.45, 2.75) is 82.1 Å². The molecule has 0 amide bonds. The number of benzene rings is 1. The highest BCUT2D eigenvalue weighted by atomic mass is 16.1. The molecule has 0 N–H and O–H groups in total. The molecule has 0 bridgehead atoms. The molecule has 1 nitrogen and oxygen atoms in total. The van der Waals surface area contributed by atoms with Crippen molar-refractivity contribution in [3.8, 4) is 0 Å². The van der Waals surface area contributed by atoms with Crippen LogP contribution in [-0.4, -0.2) is 5.78 Å². The van der Waals surface area contributed by atoms with Gasteiger partial charge in [-0.2, -0.15) is 0 Å². The molecule has 1 rings (SSSR count). The van der Waals surface area contributed by atoms with E-state index in [0.29, 0.717) is 0 Å². The molecular formula is C21H40O. The van der Waals surface area contributed by atoms with Gasteiger partial charge in [-0.05, 0) is 44.6 Å². The molecule has 0 radical (unpaired) electrons. The van der Waals surface area contributed by atoms with Gasteiger partial charge in [-0.3, -0.25) is 0 Å². The van der Waals surface area contributed by atoms with Gasteiger partial charge in [-0.15, -0.1) is 0 Å². The molecule has 1 heteroatoms. The number of carbonyl (C=O) groups is 1. The predicted molar refractivity (Wildman–Crippen MR) is 103 cm³/mol. The predicted octanol–water partition coefficient (Wildman–Crippen LogP) is 6.87. The Kier molecular flexibility index (Phi) is 21.1. The molecule has 0 aliphatic carbocycles. The van der Waals surface area contributed by atoms with Gasteiger partial charge in [0.25, 0.3) is 0 Å². The van der Waals surface area contributed by atoms with E-state index in [0.717, 1.165) is 18.3 Å². The number of carbonyl (C=O) groups excluding carboxylic acids is 1. The average Bonchev–Trinajstić information content (AvgIpc) is 2.38. The molecule has 0 aliphatic heterocycles. The summed E-state index contributed by atoms with van der Waals surface area (Å²) >= 11 is 0. The van der Waals surface area contributed by atoms with E-state index in [9.17, 15) is 4.79 Å². The van der Waals surface area contributed by atoms with E-state index in [1.165, 1.54) is 31.4 Å². The molecule has 0 saturated carbocycles. The molecule has 130 valence electrons. The first-order valence-electron chi connectivity index (χ1n) is 8.59. The van der Waals surface area contributed by atoms with Gasteiger partial charge in [0.15, 0.2) is 0 Å². The first-order valence-corrected chi connectivity index (χ1v) is 8.59. The number of aryl methyl sites for hydroxylation is 2. The topological polar surface area (TPSA) is 17.1 Å². The van der Waals surface area contributed by atoms with E-state index in [-0.39, 0.29) is 5.78 Å². The van der Waals surface area contributed by atoms with Crippen LogP contribution in [0, 0.1) is 18.8 Å². The number of hydrogen-bond acceptors (Lipinski definition) is 1. The zero-order valence-electron chi connectivity index (χ0n) is 16.8. The van der Waals surface area contributed by atoms with Crippen LogP contribution in [0.2, 0.25) is 0 Å². The minimum Gasteiger partial charge on any atom is -0.300 e. The average molecular weight is 309 g/mol. The lowest BCUT2D eigenvalue weighted by Crippen LogP contribution is -1.78. The molecule has 0 unspecified atom stereocenters. The molecule has 0 saturated heterocycles. The van der Waals surface area contributed by atoms with Crippen molar-refractivity contribution in [1.29, 1.82) is 0 Å². The van der Waals surface area contributed by atoms with Crippen molar-refractivity contribution in [2.24, 2.45) is 11.8 Å². The SMILES string of the molecule is CC(C)=O.CC(C)C.CCC(C)C.CCc1cccc(C)c1. The fraction of sp³-hybridized carbons (Fsp3) is 0.667. The van der Waals surface area contributed by atoms with E-state index in [4.69, 9.17) is 0 Å². The van der Waals surface area contributed by atoms with Gasteiger partial charge >= 0.3 is 0 Å². The molecule has 22 heavy (non-hydrogen) atoms. The van der Waals surface area contributed by atoms with Gasteiger partial charge < -0.3 is 4.79 Å². The summed E-state index contributed by atoms with van der Waals surface area (Å²) < 4.78 is 0. The summed E-state index contributed by atoms with van der Waals surface area (Å²) in [6.45, 7) is 20.5. The van der Waals surface area contributed by atoms with Gasteiger partial charge in [-0.1, -0.05) is 84.7 Å². The maximum absolute atomic E-state index is 9.44. The Hall–Kier alpha value is -1.11. The number of rotatable bonds is 2. The van der Waals surface area contributed by atoms with Crippen LogP contribution in [0.4, 0.5) is 0 Å². The first-order chi connectivity index (χ1) is 10.1. The highest BCUT2D eigenvalue weighted by molar-refractivity contribution is 5.72. The molecule has 0 spiro atoms. The molecule has 0 aromatic heterocycles.